The highest BCUT2D eigenvalue weighted by molar-refractivity contribution is 6.35. The number of halogens is 2. The van der Waals surface area contributed by atoms with Gasteiger partial charge >= 0.3 is 0 Å². The fourth-order valence-electron chi connectivity index (χ4n) is 4.05. The monoisotopic (exact) mass is 494 g/mol. The second kappa shape index (κ2) is 9.36. The van der Waals surface area contributed by atoms with Crippen molar-refractivity contribution in [3.05, 3.63) is 99.3 Å². The summed E-state index contributed by atoms with van der Waals surface area (Å²) in [5.74, 6) is -1.75. The van der Waals surface area contributed by atoms with E-state index in [2.05, 4.69) is 15.6 Å². The lowest BCUT2D eigenvalue weighted by Gasteiger charge is -2.20. The molecule has 35 heavy (non-hydrogen) atoms. The molecule has 0 radical (unpaired) electrons. The van der Waals surface area contributed by atoms with Gasteiger partial charge in [0.1, 0.15) is 5.82 Å². The van der Waals surface area contributed by atoms with Gasteiger partial charge in [0.25, 0.3) is 17.4 Å². The molecule has 0 unspecified atom stereocenters. The highest BCUT2D eigenvalue weighted by atomic mass is 35.5. The van der Waals surface area contributed by atoms with Crippen molar-refractivity contribution in [3.63, 3.8) is 0 Å². The molecule has 2 amide bonds. The first-order chi connectivity index (χ1) is 16.9. The van der Waals surface area contributed by atoms with Crippen LogP contribution < -0.4 is 16.2 Å². The molecule has 1 saturated heterocycles. The van der Waals surface area contributed by atoms with Gasteiger partial charge in [-0.05, 0) is 36.4 Å². The van der Waals surface area contributed by atoms with Crippen molar-refractivity contribution in [3.8, 4) is 5.69 Å². The number of fused-ring (bicyclic) bond motifs is 1. The minimum atomic E-state index is -0.770. The van der Waals surface area contributed by atoms with Crippen LogP contribution in [0.25, 0.3) is 16.6 Å². The van der Waals surface area contributed by atoms with E-state index in [-0.39, 0.29) is 30.2 Å². The predicted octanol–water partition coefficient (Wildman–Crippen LogP) is 3.04. The van der Waals surface area contributed by atoms with Crippen LogP contribution in [0.2, 0.25) is 5.02 Å². The Hall–Kier alpha value is -3.95. The number of hydrogen-bond acceptors (Lipinski definition) is 4. The van der Waals surface area contributed by atoms with Crippen LogP contribution in [-0.2, 0) is 4.74 Å². The van der Waals surface area contributed by atoms with E-state index < -0.39 is 23.8 Å². The maximum absolute atomic E-state index is 14.8. The standard InChI is InChI=1S/C25H20ClFN4O4/c26-18-11-28-20-9-14(4-6-16(18)20)24(33)29-21-12-35-13-22(21)30-25(34)17-7-5-15(10-19(17)27)31-8-2-1-3-23(31)32/h1-11,21-22,28H,12-13H2,(H,29,33)(H,30,34)/t21-,22+/m0/s1. The highest BCUT2D eigenvalue weighted by Crippen LogP contribution is 2.24. The zero-order valence-corrected chi connectivity index (χ0v) is 19.0. The molecule has 0 saturated carbocycles. The number of pyridine rings is 1. The third-order valence-corrected chi connectivity index (χ3v) is 6.22. The van der Waals surface area contributed by atoms with Crippen LogP contribution >= 0.6 is 11.6 Å². The second-order valence-electron chi connectivity index (χ2n) is 8.17. The Bertz CT molecular complexity index is 1500. The van der Waals surface area contributed by atoms with Crippen LogP contribution in [0, 0.1) is 5.82 Å². The molecule has 2 aromatic heterocycles. The zero-order chi connectivity index (χ0) is 24.5. The van der Waals surface area contributed by atoms with E-state index in [9.17, 15) is 18.8 Å². The average Bonchev–Trinajstić information content (AvgIpc) is 3.44. The number of H-pyrrole nitrogens is 1. The lowest BCUT2D eigenvalue weighted by molar-refractivity contribution is 0.0894. The van der Waals surface area contributed by atoms with Crippen LogP contribution in [0.5, 0.6) is 0 Å². The normalized spacial score (nSPS) is 17.4. The number of nitrogens with one attached hydrogen (secondary N) is 3. The number of aromatic nitrogens is 2. The molecule has 2 atom stereocenters. The molecule has 1 fully saturated rings. The molecular weight excluding hydrogens is 475 g/mol. The summed E-state index contributed by atoms with van der Waals surface area (Å²) in [5, 5.41) is 6.98. The third kappa shape index (κ3) is 4.55. The first kappa shape index (κ1) is 22.8. The third-order valence-electron chi connectivity index (χ3n) is 5.90. The van der Waals surface area contributed by atoms with Crippen molar-refractivity contribution >= 4 is 34.3 Å². The van der Waals surface area contributed by atoms with E-state index in [1.807, 2.05) is 0 Å². The minimum absolute atomic E-state index is 0.168. The number of amides is 2. The predicted molar refractivity (Wildman–Crippen MR) is 129 cm³/mol. The number of rotatable bonds is 5. The summed E-state index contributed by atoms with van der Waals surface area (Å²) in [5.41, 5.74) is 0.963. The number of nitrogens with zero attached hydrogens (tertiary/aromatic N) is 1. The SMILES string of the molecule is O=C(N[C@H]1COC[C@H]1NC(=O)c1ccc(-n2ccccc2=O)cc1F)c1ccc2c(Cl)c[nH]c2c1. The molecule has 5 rings (SSSR count). The van der Waals surface area contributed by atoms with Gasteiger partial charge in [-0.1, -0.05) is 23.7 Å². The molecule has 0 spiro atoms. The van der Waals surface area contributed by atoms with E-state index in [0.29, 0.717) is 16.3 Å². The van der Waals surface area contributed by atoms with Crippen molar-refractivity contribution in [2.45, 2.75) is 12.1 Å². The summed E-state index contributed by atoms with van der Waals surface area (Å²) in [6.07, 6.45) is 3.16. The lowest BCUT2D eigenvalue weighted by atomic mass is 10.1. The number of carbonyl (C=O) groups is 2. The summed E-state index contributed by atoms with van der Waals surface area (Å²) >= 11 is 6.09. The Morgan fingerprint density at radius 2 is 1.80 bits per heavy atom. The second-order valence-corrected chi connectivity index (χ2v) is 8.57. The van der Waals surface area contributed by atoms with Gasteiger partial charge in [0.2, 0.25) is 0 Å². The average molecular weight is 495 g/mol. The van der Waals surface area contributed by atoms with Crippen LogP contribution in [-0.4, -0.2) is 46.7 Å². The molecule has 2 aromatic carbocycles. The lowest BCUT2D eigenvalue weighted by Crippen LogP contribution is -2.51. The van der Waals surface area contributed by atoms with Gasteiger partial charge in [0, 0.05) is 34.9 Å². The molecule has 0 aliphatic carbocycles. The number of benzene rings is 2. The smallest absolute Gasteiger partial charge is 0.255 e. The molecule has 1 aliphatic heterocycles. The zero-order valence-electron chi connectivity index (χ0n) is 18.3. The maximum atomic E-state index is 14.8. The van der Waals surface area contributed by atoms with Gasteiger partial charge in [-0.3, -0.25) is 19.0 Å². The summed E-state index contributed by atoms with van der Waals surface area (Å²) < 4.78 is 21.5. The molecule has 3 N–H and O–H groups in total. The molecule has 0 bridgehead atoms. The van der Waals surface area contributed by atoms with E-state index in [1.54, 1.807) is 36.5 Å². The molecule has 4 aromatic rings. The fraction of sp³-hybridized carbons (Fsp3) is 0.160. The largest absolute Gasteiger partial charge is 0.377 e. The van der Waals surface area contributed by atoms with Crippen molar-refractivity contribution < 1.29 is 18.7 Å². The van der Waals surface area contributed by atoms with Crippen LogP contribution in [0.3, 0.4) is 0 Å². The van der Waals surface area contributed by atoms with Crippen molar-refractivity contribution in [1.29, 1.82) is 0 Å². The fourth-order valence-corrected chi connectivity index (χ4v) is 4.27. The molecule has 8 nitrogen and oxygen atoms in total. The molecular formula is C25H20ClFN4O4. The molecule has 1 aliphatic rings. The van der Waals surface area contributed by atoms with Gasteiger partial charge in [0.15, 0.2) is 0 Å². The maximum Gasteiger partial charge on any atom is 0.255 e. The Kier molecular flexibility index (Phi) is 6.10. The van der Waals surface area contributed by atoms with Crippen LogP contribution in [0.4, 0.5) is 4.39 Å². The Labute approximate surface area is 203 Å². The summed E-state index contributed by atoms with van der Waals surface area (Å²) in [6.45, 7) is 0.368. The van der Waals surface area contributed by atoms with Crippen molar-refractivity contribution in [2.24, 2.45) is 0 Å². The summed E-state index contributed by atoms with van der Waals surface area (Å²) in [6, 6.07) is 12.6. The molecule has 3 heterocycles. The molecule has 10 heteroatoms. The van der Waals surface area contributed by atoms with E-state index in [1.165, 1.54) is 29.0 Å². The van der Waals surface area contributed by atoms with Gasteiger partial charge in [-0.2, -0.15) is 0 Å². The first-order valence-electron chi connectivity index (χ1n) is 10.8. The van der Waals surface area contributed by atoms with Crippen LogP contribution in [0.15, 0.2) is 71.8 Å². The minimum Gasteiger partial charge on any atom is -0.377 e. The van der Waals surface area contributed by atoms with Crippen molar-refractivity contribution in [1.82, 2.24) is 20.2 Å². The first-order valence-corrected chi connectivity index (χ1v) is 11.2. The van der Waals surface area contributed by atoms with Gasteiger partial charge in [-0.25, -0.2) is 4.39 Å². The number of ether oxygens (including phenoxy) is 1. The quantitative estimate of drug-likeness (QED) is 0.396. The highest BCUT2D eigenvalue weighted by Gasteiger charge is 2.32. The van der Waals surface area contributed by atoms with Crippen molar-refractivity contribution in [2.75, 3.05) is 13.2 Å². The summed E-state index contributed by atoms with van der Waals surface area (Å²) in [7, 11) is 0. The summed E-state index contributed by atoms with van der Waals surface area (Å²) in [4.78, 5) is 40.6. The number of hydrogen-bond donors (Lipinski definition) is 3. The Balaban J connectivity index is 1.27. The van der Waals surface area contributed by atoms with Gasteiger partial charge in [-0.15, -0.1) is 0 Å². The Morgan fingerprint density at radius 1 is 1.03 bits per heavy atom. The number of carbonyl (C=O) groups excluding carboxylic acids is 2. The van der Waals surface area contributed by atoms with E-state index in [0.717, 1.165) is 17.0 Å². The number of aromatic amines is 1. The van der Waals surface area contributed by atoms with Crippen LogP contribution in [0.1, 0.15) is 20.7 Å². The topological polar surface area (TPSA) is 105 Å². The Morgan fingerprint density at radius 3 is 2.54 bits per heavy atom. The van der Waals surface area contributed by atoms with Gasteiger partial charge in [0.05, 0.1) is 41.6 Å². The van der Waals surface area contributed by atoms with Gasteiger partial charge < -0.3 is 20.4 Å². The van der Waals surface area contributed by atoms with E-state index in [4.69, 9.17) is 16.3 Å². The molecule has 178 valence electrons. The van der Waals surface area contributed by atoms with E-state index >= 15 is 0 Å².